The number of aromatic nitrogens is 2. The van der Waals surface area contributed by atoms with Crippen LogP contribution in [0.25, 0.3) is 10.2 Å². The number of rotatable bonds is 7. The van der Waals surface area contributed by atoms with E-state index in [1.807, 2.05) is 12.1 Å². The molecule has 0 bridgehead atoms. The lowest BCUT2D eigenvalue weighted by Gasteiger charge is -2.08. The van der Waals surface area contributed by atoms with Crippen LogP contribution in [0.1, 0.15) is 27.2 Å². The predicted octanol–water partition coefficient (Wildman–Crippen LogP) is 2.72. The van der Waals surface area contributed by atoms with E-state index in [9.17, 15) is 4.79 Å². The zero-order valence-electron chi connectivity index (χ0n) is 14.0. The van der Waals surface area contributed by atoms with Gasteiger partial charge in [-0.2, -0.15) is 0 Å². The molecule has 0 radical (unpaired) electrons. The maximum absolute atomic E-state index is 11.9. The Bertz CT molecular complexity index is 861. The van der Waals surface area contributed by atoms with Gasteiger partial charge in [-0.3, -0.25) is 4.79 Å². The Labute approximate surface area is 149 Å². The Hall–Kier alpha value is -2.51. The normalized spacial score (nSPS) is 10.8. The van der Waals surface area contributed by atoms with Gasteiger partial charge >= 0.3 is 0 Å². The lowest BCUT2D eigenvalue weighted by atomic mass is 10.1. The fraction of sp³-hybridized carbons (Fsp3) is 0.278. The molecule has 3 N–H and O–H groups in total. The number of nitrogens with zero attached hydrogens (tertiary/aromatic N) is 2. The first-order valence-corrected chi connectivity index (χ1v) is 8.92. The summed E-state index contributed by atoms with van der Waals surface area (Å²) in [7, 11) is 0. The first-order chi connectivity index (χ1) is 12.2. The van der Waals surface area contributed by atoms with Crippen molar-refractivity contribution < 1.29 is 9.90 Å². The van der Waals surface area contributed by atoms with E-state index in [0.717, 1.165) is 21.6 Å². The average molecular weight is 356 g/mol. The van der Waals surface area contributed by atoms with Gasteiger partial charge in [0.05, 0.1) is 5.39 Å². The van der Waals surface area contributed by atoms with Crippen molar-refractivity contribution in [2.45, 2.75) is 19.9 Å². The number of anilines is 1. The number of benzene rings is 1. The third kappa shape index (κ3) is 4.32. The Morgan fingerprint density at radius 1 is 1.24 bits per heavy atom. The van der Waals surface area contributed by atoms with Crippen LogP contribution in [0.15, 0.2) is 36.7 Å². The molecule has 2 heterocycles. The molecule has 1 amide bonds. The average Bonchev–Trinajstić information content (AvgIpc) is 3.01. The van der Waals surface area contributed by atoms with Crippen molar-refractivity contribution in [2.75, 3.05) is 18.5 Å². The third-order valence-electron chi connectivity index (χ3n) is 3.75. The van der Waals surface area contributed by atoms with Crippen molar-refractivity contribution in [3.63, 3.8) is 0 Å². The van der Waals surface area contributed by atoms with Crippen LogP contribution in [0.5, 0.6) is 0 Å². The molecule has 2 aromatic heterocycles. The SMILES string of the molecule is Cc1cc2c(NCc3ccc(C(=O)NCCCO)cc3)ncnc2s1. The number of nitrogens with one attached hydrogen (secondary N) is 2. The van der Waals surface area contributed by atoms with Crippen LogP contribution in [0.3, 0.4) is 0 Å². The standard InChI is InChI=1S/C18H20N4O2S/c1-12-9-15-16(21-11-22-18(15)25-12)20-10-13-3-5-14(6-4-13)17(24)19-7-2-8-23/h3-6,9,11,23H,2,7-8,10H2,1H3,(H,19,24)(H,20,21,22). The van der Waals surface area contributed by atoms with E-state index in [1.165, 1.54) is 4.88 Å². The maximum Gasteiger partial charge on any atom is 0.251 e. The number of carbonyl (C=O) groups excluding carboxylic acids is 1. The number of aliphatic hydroxyl groups is 1. The van der Waals surface area contributed by atoms with E-state index >= 15 is 0 Å². The zero-order chi connectivity index (χ0) is 17.6. The van der Waals surface area contributed by atoms with Crippen LogP contribution in [0, 0.1) is 6.92 Å². The van der Waals surface area contributed by atoms with Gasteiger partial charge in [-0.1, -0.05) is 12.1 Å². The number of aryl methyl sites for hydroxylation is 1. The van der Waals surface area contributed by atoms with E-state index in [1.54, 1.807) is 29.8 Å². The molecule has 0 aliphatic heterocycles. The Kier molecular flexibility index (Phi) is 5.57. The Balaban J connectivity index is 1.62. The van der Waals surface area contributed by atoms with Crippen LogP contribution in [0.2, 0.25) is 0 Å². The summed E-state index contributed by atoms with van der Waals surface area (Å²) in [4.78, 5) is 22.7. The number of hydrogen-bond acceptors (Lipinski definition) is 6. The molecular formula is C18H20N4O2S. The van der Waals surface area contributed by atoms with Crippen molar-refractivity contribution in [2.24, 2.45) is 0 Å². The van der Waals surface area contributed by atoms with Crippen LogP contribution in [-0.2, 0) is 6.54 Å². The van der Waals surface area contributed by atoms with Gasteiger partial charge < -0.3 is 15.7 Å². The van der Waals surface area contributed by atoms with Gasteiger partial charge in [-0.25, -0.2) is 9.97 Å². The molecule has 0 unspecified atom stereocenters. The third-order valence-corrected chi connectivity index (χ3v) is 4.71. The molecule has 7 heteroatoms. The van der Waals surface area contributed by atoms with Crippen LogP contribution < -0.4 is 10.6 Å². The van der Waals surface area contributed by atoms with E-state index in [4.69, 9.17) is 5.11 Å². The molecule has 25 heavy (non-hydrogen) atoms. The molecule has 0 spiro atoms. The molecule has 1 aromatic carbocycles. The Morgan fingerprint density at radius 3 is 2.80 bits per heavy atom. The van der Waals surface area contributed by atoms with E-state index in [2.05, 4.69) is 33.6 Å². The molecule has 0 saturated heterocycles. The van der Waals surface area contributed by atoms with Crippen LogP contribution in [-0.4, -0.2) is 34.1 Å². The van der Waals surface area contributed by atoms with Gasteiger partial charge in [-0.05, 0) is 37.1 Å². The summed E-state index contributed by atoms with van der Waals surface area (Å²) in [5.41, 5.74) is 1.67. The predicted molar refractivity (Wildman–Crippen MR) is 100.0 cm³/mol. The van der Waals surface area contributed by atoms with E-state index in [0.29, 0.717) is 25.1 Å². The van der Waals surface area contributed by atoms with Crippen molar-refractivity contribution in [1.29, 1.82) is 0 Å². The van der Waals surface area contributed by atoms with Gasteiger partial charge in [0.15, 0.2) is 0 Å². The summed E-state index contributed by atoms with van der Waals surface area (Å²) in [5, 5.41) is 15.9. The first-order valence-electron chi connectivity index (χ1n) is 8.10. The highest BCUT2D eigenvalue weighted by Gasteiger charge is 2.07. The number of carbonyl (C=O) groups is 1. The van der Waals surface area contributed by atoms with Crippen LogP contribution in [0.4, 0.5) is 5.82 Å². The number of hydrogen-bond donors (Lipinski definition) is 3. The lowest BCUT2D eigenvalue weighted by Crippen LogP contribution is -2.24. The minimum absolute atomic E-state index is 0.0743. The quantitative estimate of drug-likeness (QED) is 0.567. The molecule has 3 rings (SSSR count). The summed E-state index contributed by atoms with van der Waals surface area (Å²) < 4.78 is 0. The minimum Gasteiger partial charge on any atom is -0.396 e. The van der Waals surface area contributed by atoms with E-state index in [-0.39, 0.29) is 12.5 Å². The second kappa shape index (κ2) is 8.04. The number of fused-ring (bicyclic) bond motifs is 1. The largest absolute Gasteiger partial charge is 0.396 e. The van der Waals surface area contributed by atoms with Gasteiger partial charge in [0, 0.05) is 30.1 Å². The highest BCUT2D eigenvalue weighted by molar-refractivity contribution is 7.18. The van der Waals surface area contributed by atoms with Crippen LogP contribution >= 0.6 is 11.3 Å². The van der Waals surface area contributed by atoms with Crippen molar-refractivity contribution in [3.8, 4) is 0 Å². The topological polar surface area (TPSA) is 87.1 Å². The molecule has 6 nitrogen and oxygen atoms in total. The number of thiophene rings is 1. The molecule has 3 aromatic rings. The lowest BCUT2D eigenvalue weighted by molar-refractivity contribution is 0.0951. The van der Waals surface area contributed by atoms with Gasteiger partial charge in [0.1, 0.15) is 17.0 Å². The summed E-state index contributed by atoms with van der Waals surface area (Å²) in [6.07, 6.45) is 2.13. The molecule has 0 fully saturated rings. The van der Waals surface area contributed by atoms with E-state index < -0.39 is 0 Å². The fourth-order valence-electron chi connectivity index (χ4n) is 2.46. The number of amides is 1. The van der Waals surface area contributed by atoms with Gasteiger partial charge in [0.25, 0.3) is 5.91 Å². The maximum atomic E-state index is 11.9. The fourth-order valence-corrected chi connectivity index (χ4v) is 3.31. The highest BCUT2D eigenvalue weighted by atomic mass is 32.1. The van der Waals surface area contributed by atoms with Crippen molar-refractivity contribution >= 4 is 33.3 Å². The molecular weight excluding hydrogens is 336 g/mol. The number of aliphatic hydroxyl groups excluding tert-OH is 1. The summed E-state index contributed by atoms with van der Waals surface area (Å²) >= 11 is 1.65. The van der Waals surface area contributed by atoms with Gasteiger partial charge in [-0.15, -0.1) is 11.3 Å². The smallest absolute Gasteiger partial charge is 0.251 e. The zero-order valence-corrected chi connectivity index (χ0v) is 14.8. The molecule has 0 aliphatic carbocycles. The summed E-state index contributed by atoms with van der Waals surface area (Å²) in [6, 6.07) is 9.53. The minimum atomic E-state index is -0.126. The Morgan fingerprint density at radius 2 is 2.04 bits per heavy atom. The molecule has 0 saturated carbocycles. The second-order valence-corrected chi connectivity index (χ2v) is 6.92. The summed E-state index contributed by atoms with van der Waals surface area (Å²) in [5.74, 6) is 0.694. The monoisotopic (exact) mass is 356 g/mol. The first kappa shape index (κ1) is 17.3. The van der Waals surface area contributed by atoms with Gasteiger partial charge in [0.2, 0.25) is 0 Å². The van der Waals surface area contributed by atoms with Crippen molar-refractivity contribution in [3.05, 3.63) is 52.7 Å². The molecule has 0 atom stereocenters. The molecule has 130 valence electrons. The van der Waals surface area contributed by atoms with Crippen molar-refractivity contribution in [1.82, 2.24) is 15.3 Å². The summed E-state index contributed by atoms with van der Waals surface area (Å²) in [6.45, 7) is 3.22. The molecule has 0 aliphatic rings. The second-order valence-electron chi connectivity index (χ2n) is 5.68. The highest BCUT2D eigenvalue weighted by Crippen LogP contribution is 2.27.